The van der Waals surface area contributed by atoms with Gasteiger partial charge in [-0.3, -0.25) is 4.79 Å². The molecule has 49 heteroatoms. The van der Waals surface area contributed by atoms with Crippen LogP contribution in [-0.2, 0) is 109 Å². The molecule has 0 spiro atoms. The van der Waals surface area contributed by atoms with Crippen molar-refractivity contribution in [3.05, 3.63) is 60.3 Å². The third-order valence-corrected chi connectivity index (χ3v) is 35.3. The van der Waals surface area contributed by atoms with E-state index in [4.69, 9.17) is 94.7 Å². The summed E-state index contributed by atoms with van der Waals surface area (Å²) < 4.78 is 121. The van der Waals surface area contributed by atoms with Crippen molar-refractivity contribution >= 4 is 17.9 Å². The van der Waals surface area contributed by atoms with Gasteiger partial charge in [0.15, 0.2) is 62.5 Å². The van der Waals surface area contributed by atoms with Gasteiger partial charge in [-0.2, -0.15) is 0 Å². The largest absolute Gasteiger partial charge is 0.458 e. The van der Waals surface area contributed by atoms with Gasteiger partial charge in [-0.15, -0.1) is 13.2 Å². The topological polar surface area (TPSA) is 762 Å². The second-order valence-electron chi connectivity index (χ2n) is 45.7. The van der Waals surface area contributed by atoms with E-state index in [0.717, 1.165) is 0 Å². The van der Waals surface area contributed by atoms with Crippen molar-refractivity contribution in [2.24, 2.45) is 50.2 Å². The quantitative estimate of drug-likeness (QED) is 0.00922. The second kappa shape index (κ2) is 47.7. The number of aliphatic hydroxyl groups is 26. The predicted octanol–water partition coefficient (Wildman–Crippen LogP) is -6.57. The van der Waals surface area contributed by atoms with Crippen LogP contribution in [0.4, 0.5) is 0 Å². The second-order valence-corrected chi connectivity index (χ2v) is 45.7. The van der Waals surface area contributed by atoms with Crippen molar-refractivity contribution in [1.29, 1.82) is 0 Å². The first-order valence-electron chi connectivity index (χ1n) is 51.8. The first-order valence-corrected chi connectivity index (χ1v) is 51.8. The molecular weight excluding hydrogens is 2000 g/mol. The molecule has 13 fully saturated rings. The van der Waals surface area contributed by atoms with E-state index in [-0.39, 0.29) is 61.5 Å². The maximum Gasteiger partial charge on any atom is 0.336 e. The molecule has 0 aromatic heterocycles. The zero-order valence-electron chi connectivity index (χ0n) is 86.5. The Morgan fingerprint density at radius 2 is 0.887 bits per heavy atom. The lowest BCUT2D eigenvalue weighted by atomic mass is 9.33. The van der Waals surface area contributed by atoms with Crippen molar-refractivity contribution in [2.45, 2.75) is 455 Å². The van der Waals surface area contributed by atoms with Gasteiger partial charge in [0, 0.05) is 17.4 Å². The first-order chi connectivity index (χ1) is 70.3. The average Bonchev–Trinajstić information content (AvgIpc) is 0.718. The third-order valence-electron chi connectivity index (χ3n) is 35.3. The van der Waals surface area contributed by atoms with E-state index in [1.165, 1.54) is 52.0 Å². The molecule has 9 heterocycles. The molecule has 0 aromatic carbocycles. The van der Waals surface area contributed by atoms with Gasteiger partial charge in [0.05, 0.1) is 93.5 Å². The van der Waals surface area contributed by atoms with Crippen molar-refractivity contribution in [1.82, 2.24) is 0 Å². The molecule has 0 radical (unpaired) electrons. The van der Waals surface area contributed by atoms with E-state index in [0.29, 0.717) is 37.7 Å². The highest BCUT2D eigenvalue weighted by molar-refractivity contribution is 5.89. The highest BCUT2D eigenvalue weighted by Crippen LogP contribution is 2.77. The molecule has 0 bridgehead atoms. The Balaban J connectivity index is 0.715. The molecule has 54 atom stereocenters. The molecule has 858 valence electrons. The number of aliphatic hydroxyl groups excluding tert-OH is 26. The predicted molar refractivity (Wildman–Crippen MR) is 503 cm³/mol. The summed E-state index contributed by atoms with van der Waals surface area (Å²) in [6.45, 7) is 25.5. The number of ether oxygens (including phenoxy) is 20. The summed E-state index contributed by atoms with van der Waals surface area (Å²) in [6.07, 6.45) is -67.7. The number of carbonyl (C=O) groups is 3. The Morgan fingerprint density at radius 1 is 0.427 bits per heavy atom. The van der Waals surface area contributed by atoms with Crippen LogP contribution in [0.3, 0.4) is 0 Å². The lowest BCUT2D eigenvalue weighted by molar-refractivity contribution is -0.390. The summed E-state index contributed by atoms with van der Waals surface area (Å²) in [6, 6.07) is 0. The molecule has 9 aliphatic heterocycles. The molecule has 0 amide bonds. The van der Waals surface area contributed by atoms with E-state index in [1.54, 1.807) is 27.7 Å². The fourth-order valence-corrected chi connectivity index (χ4v) is 25.4. The molecule has 14 aliphatic rings. The smallest absolute Gasteiger partial charge is 0.336 e. The van der Waals surface area contributed by atoms with Gasteiger partial charge < -0.3 is 228 Å². The van der Waals surface area contributed by atoms with Gasteiger partial charge in [0.2, 0.25) is 6.29 Å². The van der Waals surface area contributed by atoms with Gasteiger partial charge in [-0.25, -0.2) is 9.59 Å². The Hall–Kier alpha value is -4.61. The number of rotatable bonds is 35. The molecule has 5 aliphatic carbocycles. The first kappa shape index (κ1) is 121. The summed E-state index contributed by atoms with van der Waals surface area (Å²) in [5, 5.41) is 290. The van der Waals surface area contributed by atoms with Crippen LogP contribution in [0.2, 0.25) is 0 Å². The van der Waals surface area contributed by atoms with E-state index in [9.17, 15) is 138 Å². The van der Waals surface area contributed by atoms with Crippen LogP contribution in [0.25, 0.3) is 0 Å². The number of carbonyl (C=O) groups excluding carboxylic acids is 3. The maximum atomic E-state index is 16.9. The minimum Gasteiger partial charge on any atom is -0.458 e. The molecule has 4 saturated carbocycles. The lowest BCUT2D eigenvalue weighted by Gasteiger charge is -2.72. The maximum absolute atomic E-state index is 16.9. The van der Waals surface area contributed by atoms with Gasteiger partial charge in [0.1, 0.15) is 182 Å². The molecule has 26 N–H and O–H groups in total. The van der Waals surface area contributed by atoms with Crippen LogP contribution < -0.4 is 0 Å². The highest BCUT2D eigenvalue weighted by atomic mass is 16.8. The van der Waals surface area contributed by atoms with E-state index >= 15 is 9.59 Å². The fraction of sp³-hybridized carbons (Fsp3) is 0.871. The van der Waals surface area contributed by atoms with Crippen LogP contribution in [0.15, 0.2) is 60.3 Å². The normalized spacial score (nSPS) is 49.2. The van der Waals surface area contributed by atoms with Crippen molar-refractivity contribution in [3.63, 3.8) is 0 Å². The summed E-state index contributed by atoms with van der Waals surface area (Å²) >= 11 is 0. The number of hydrogen-bond donors (Lipinski definition) is 26. The van der Waals surface area contributed by atoms with E-state index in [1.807, 2.05) is 20.8 Å². The fourth-order valence-electron chi connectivity index (χ4n) is 25.4. The summed E-state index contributed by atoms with van der Waals surface area (Å²) in [5.74, 6) is -4.70. The molecule has 150 heavy (non-hydrogen) atoms. The van der Waals surface area contributed by atoms with Crippen molar-refractivity contribution in [3.8, 4) is 0 Å². The van der Waals surface area contributed by atoms with Gasteiger partial charge in [-0.1, -0.05) is 84.4 Å². The molecule has 49 nitrogen and oxygen atoms in total. The van der Waals surface area contributed by atoms with Crippen LogP contribution in [0.5, 0.6) is 0 Å². The average molecular weight is 2160 g/mol. The Morgan fingerprint density at radius 3 is 1.48 bits per heavy atom. The van der Waals surface area contributed by atoms with Crippen LogP contribution in [-0.4, -0.2) is 484 Å². The zero-order valence-corrected chi connectivity index (χ0v) is 86.5. The lowest BCUT2D eigenvalue weighted by Crippen LogP contribution is -2.70. The summed E-state index contributed by atoms with van der Waals surface area (Å²) in [4.78, 5) is 45.7. The monoisotopic (exact) mass is 2160 g/mol. The van der Waals surface area contributed by atoms with Gasteiger partial charge >= 0.3 is 17.9 Å². The van der Waals surface area contributed by atoms with Gasteiger partial charge in [-0.05, 0) is 152 Å². The van der Waals surface area contributed by atoms with E-state index < -0.39 is 397 Å². The Bertz CT molecular complexity index is 4630. The molecule has 9 saturated heterocycles. The van der Waals surface area contributed by atoms with E-state index in [2.05, 4.69) is 33.1 Å². The van der Waals surface area contributed by atoms with Crippen molar-refractivity contribution in [2.75, 3.05) is 46.2 Å². The summed E-state index contributed by atoms with van der Waals surface area (Å²) in [7, 11) is 0. The van der Waals surface area contributed by atoms with Gasteiger partial charge in [0.25, 0.3) is 0 Å². The van der Waals surface area contributed by atoms with Crippen LogP contribution >= 0.6 is 0 Å². The number of allylic oxidation sites excluding steroid dienone is 4. The zero-order chi connectivity index (χ0) is 110. The molecule has 14 rings (SSSR count). The standard InChI is InChI=1S/C101H160O49/c1-16-96(11,149-89-74(125)65(116)58(109)41(4)134-89)26-18-20-40(3)82(128)143-77-42(5)136-90(75(126)69(77)120)150-97(12,17-2)27-19-21-44(33-102)83(129)141-57-32-101(93(130)148-92-81(68(119)62(113)50(35-104)139-92)147-88-76(127)79(145-87-73(124)66(117)61(112)49(34-103)137-87)78(43(6)135-88)144-86-71(122)63(114)51(36-105)138-86)46(30-94(57,7)8)45-22-23-54-98(13)28-25-56(95(9,10)53(98)24-29-99(54,14)100(45,15)31-55(101)108)142-85-72(123)67(118)64(115)52(140-85)39-133-91-80(60(111)48(107)38-132-91)146-84-70(121)59(110)47(106)37-131-84/h16-17,20-22,41-43,46-81,84-92,102-127H,1-2,18-19,23-39H2,3-15H3/b40-20+,44-21-/t41-,42-,43-,46+,47-,48-,49-,50-,51+,52-,53+,54-,55-,56+,57+,58-,59+,60+,61-,62-,63+,64-,65+,66+,67+,68+,69-,70-,71-,72-,73-,74-,75-,76-,77-,78-,79-,80-,81-,84+,85+,86+,87+,88+,89+,90+,91+,92+,96-,97-,98+,99-,100+,101+/m0/s1. The SMILES string of the molecule is C=C[C@@](C)(CC/C=C(\C)C(=O)O[C@@H]1[C@@H](O)[C@H](O)[C@@H](O[C@@](C)(C=C)CC/C=C(/CO)C(=O)O[C@@H]2C[C@@]3(C(=O)O[C@H]4O[C@@H](CO)[C@H](O)[C@@H](O)[C@@H]4O[C@H]4O[C@@H](C)[C@H](O[C@H]5O[C@H](CO)[C@@H](O)[C@@H]5O)[C@@H](O[C@H]5O[C@@H](CO)[C@H](O)[C@@H](O)[C@@H]5O)[C@@H]4O)[C@H](CC2(C)C)C2=CC[C@H]4[C@]5(C)CC[C@@H](O[C@H]6O[C@@H](CO[C@H]7OC[C@H](O)[C@@H](O)[C@@H]7O[C@H]7OC[C@H](O)[C@@H](O)[C@@H]7O)[C@H](O)[C@@H](O)[C@@H]6O)C(C)(C)[C@H]5CC[C@]4(C)[C@]2(C)C[C@@H]3O)O[C@H]1C)O[C@H]1O[C@@H](C)[C@H](O)[C@@H](O)[C@@H]1O. The Labute approximate surface area is 867 Å². The van der Waals surface area contributed by atoms with Crippen molar-refractivity contribution < 1.29 is 242 Å². The van der Waals surface area contributed by atoms with Crippen LogP contribution in [0, 0.1) is 50.2 Å². The number of esters is 3. The molecule has 0 aromatic rings. The number of fused-ring (bicyclic) bond motifs is 7. The third kappa shape index (κ3) is 23.3. The molecular formula is C101H160O49. The molecule has 0 unspecified atom stereocenters. The minimum atomic E-state index is -2.30. The van der Waals surface area contributed by atoms with Crippen LogP contribution in [0.1, 0.15) is 167 Å². The minimum absolute atomic E-state index is 0.0581. The summed E-state index contributed by atoms with van der Waals surface area (Å²) in [5.41, 5.74) is -8.73. The number of hydrogen-bond acceptors (Lipinski definition) is 49. The highest BCUT2D eigenvalue weighted by Gasteiger charge is 2.74. The Kier molecular flexibility index (Phi) is 38.4.